The maximum Gasteiger partial charge on any atom is 0.144 e. The maximum atomic E-state index is 12.9. The molecule has 0 radical (unpaired) electrons. The summed E-state index contributed by atoms with van der Waals surface area (Å²) in [6.45, 7) is 0.771. The van der Waals surface area contributed by atoms with Crippen molar-refractivity contribution in [1.82, 2.24) is 9.97 Å². The zero-order valence-electron chi connectivity index (χ0n) is 11.7. The highest BCUT2D eigenvalue weighted by molar-refractivity contribution is 6.31. The van der Waals surface area contributed by atoms with Gasteiger partial charge in [-0.25, -0.2) is 14.4 Å². The molecular formula is C16H14ClFN4. The molecule has 0 spiro atoms. The molecule has 2 aromatic carbocycles. The molecule has 112 valence electrons. The topological polar surface area (TPSA) is 63.8 Å². The van der Waals surface area contributed by atoms with E-state index in [1.807, 2.05) is 6.07 Å². The SMILES string of the molecule is NCc1nc(NCc2ccc(F)cc2)c2ccc(Cl)cc2n1. The van der Waals surface area contributed by atoms with Gasteiger partial charge in [0.15, 0.2) is 0 Å². The minimum atomic E-state index is -0.253. The Morgan fingerprint density at radius 3 is 2.59 bits per heavy atom. The van der Waals surface area contributed by atoms with Gasteiger partial charge >= 0.3 is 0 Å². The number of nitrogens with one attached hydrogen (secondary N) is 1. The van der Waals surface area contributed by atoms with Crippen LogP contribution in [-0.2, 0) is 13.1 Å². The van der Waals surface area contributed by atoms with Crippen LogP contribution in [0, 0.1) is 5.82 Å². The Kier molecular flexibility index (Phi) is 4.18. The van der Waals surface area contributed by atoms with Crippen molar-refractivity contribution >= 4 is 28.3 Å². The van der Waals surface area contributed by atoms with Crippen LogP contribution in [-0.4, -0.2) is 9.97 Å². The first kappa shape index (κ1) is 14.7. The average Bonchev–Trinajstić information content (AvgIpc) is 2.53. The van der Waals surface area contributed by atoms with Crippen LogP contribution in [0.25, 0.3) is 10.9 Å². The summed E-state index contributed by atoms with van der Waals surface area (Å²) < 4.78 is 12.9. The molecule has 1 heterocycles. The smallest absolute Gasteiger partial charge is 0.144 e. The Labute approximate surface area is 132 Å². The number of benzene rings is 2. The monoisotopic (exact) mass is 316 g/mol. The molecule has 4 nitrogen and oxygen atoms in total. The van der Waals surface area contributed by atoms with E-state index in [2.05, 4.69) is 15.3 Å². The van der Waals surface area contributed by atoms with Gasteiger partial charge in [0, 0.05) is 17.0 Å². The Balaban J connectivity index is 1.93. The van der Waals surface area contributed by atoms with Gasteiger partial charge in [-0.2, -0.15) is 0 Å². The largest absolute Gasteiger partial charge is 0.365 e. The van der Waals surface area contributed by atoms with Gasteiger partial charge in [-0.1, -0.05) is 23.7 Å². The Bertz CT molecular complexity index is 805. The lowest BCUT2D eigenvalue weighted by Crippen LogP contribution is -2.08. The fourth-order valence-corrected chi connectivity index (χ4v) is 2.33. The molecule has 0 saturated carbocycles. The second-order valence-electron chi connectivity index (χ2n) is 4.83. The molecule has 22 heavy (non-hydrogen) atoms. The molecule has 3 aromatic rings. The van der Waals surface area contributed by atoms with Gasteiger partial charge in [-0.3, -0.25) is 0 Å². The van der Waals surface area contributed by atoms with Crippen LogP contribution in [0.1, 0.15) is 11.4 Å². The summed E-state index contributed by atoms with van der Waals surface area (Å²) >= 11 is 6.01. The highest BCUT2D eigenvalue weighted by atomic mass is 35.5. The summed E-state index contributed by atoms with van der Waals surface area (Å²) in [4.78, 5) is 8.79. The maximum absolute atomic E-state index is 12.9. The molecule has 0 aliphatic heterocycles. The first-order chi connectivity index (χ1) is 10.7. The molecule has 0 amide bonds. The van der Waals surface area contributed by atoms with Gasteiger partial charge in [-0.15, -0.1) is 0 Å². The van der Waals surface area contributed by atoms with Gasteiger partial charge in [0.05, 0.1) is 12.1 Å². The molecule has 0 bridgehead atoms. The van der Waals surface area contributed by atoms with Gasteiger partial charge < -0.3 is 11.1 Å². The van der Waals surface area contributed by atoms with E-state index >= 15 is 0 Å². The third kappa shape index (κ3) is 3.16. The van der Waals surface area contributed by atoms with Crippen LogP contribution >= 0.6 is 11.6 Å². The van der Waals surface area contributed by atoms with Crippen molar-refractivity contribution in [3.05, 3.63) is 64.7 Å². The second-order valence-corrected chi connectivity index (χ2v) is 5.27. The molecule has 1 aromatic heterocycles. The van der Waals surface area contributed by atoms with Crippen molar-refractivity contribution in [2.24, 2.45) is 5.73 Å². The lowest BCUT2D eigenvalue weighted by atomic mass is 10.2. The van der Waals surface area contributed by atoms with E-state index in [1.165, 1.54) is 12.1 Å². The second kappa shape index (κ2) is 6.25. The van der Waals surface area contributed by atoms with E-state index in [0.29, 0.717) is 23.2 Å². The third-order valence-electron chi connectivity index (χ3n) is 3.26. The number of nitrogens with zero attached hydrogens (tertiary/aromatic N) is 2. The molecule has 0 fully saturated rings. The lowest BCUT2D eigenvalue weighted by Gasteiger charge is -2.10. The van der Waals surface area contributed by atoms with E-state index in [0.717, 1.165) is 16.5 Å². The van der Waals surface area contributed by atoms with Gasteiger partial charge in [0.2, 0.25) is 0 Å². The minimum Gasteiger partial charge on any atom is -0.365 e. The summed E-state index contributed by atoms with van der Waals surface area (Å²) in [6.07, 6.45) is 0. The lowest BCUT2D eigenvalue weighted by molar-refractivity contribution is 0.627. The number of nitrogens with two attached hydrogens (primary N) is 1. The number of anilines is 1. The third-order valence-corrected chi connectivity index (χ3v) is 3.50. The van der Waals surface area contributed by atoms with E-state index in [4.69, 9.17) is 17.3 Å². The molecule has 3 rings (SSSR count). The Hall–Kier alpha value is -2.24. The average molecular weight is 317 g/mol. The predicted molar refractivity (Wildman–Crippen MR) is 86.2 cm³/mol. The van der Waals surface area contributed by atoms with Crippen LogP contribution in [0.5, 0.6) is 0 Å². The molecule has 0 aliphatic rings. The van der Waals surface area contributed by atoms with Crippen molar-refractivity contribution in [2.45, 2.75) is 13.1 Å². The van der Waals surface area contributed by atoms with E-state index in [1.54, 1.807) is 24.3 Å². The van der Waals surface area contributed by atoms with E-state index in [9.17, 15) is 4.39 Å². The van der Waals surface area contributed by atoms with Gasteiger partial charge in [0.1, 0.15) is 17.5 Å². The summed E-state index contributed by atoms with van der Waals surface area (Å²) in [5.74, 6) is 0.971. The molecule has 3 N–H and O–H groups in total. The van der Waals surface area contributed by atoms with Crippen LogP contribution in [0.15, 0.2) is 42.5 Å². The highest BCUT2D eigenvalue weighted by Crippen LogP contribution is 2.24. The van der Waals surface area contributed by atoms with Crippen LogP contribution in [0.3, 0.4) is 0 Å². The number of fused-ring (bicyclic) bond motifs is 1. The number of hydrogen-bond donors (Lipinski definition) is 2. The molecule has 6 heteroatoms. The fourth-order valence-electron chi connectivity index (χ4n) is 2.16. The molecular weight excluding hydrogens is 303 g/mol. The van der Waals surface area contributed by atoms with Crippen molar-refractivity contribution in [3.63, 3.8) is 0 Å². The van der Waals surface area contributed by atoms with Gasteiger partial charge in [-0.05, 0) is 35.9 Å². The van der Waals surface area contributed by atoms with Crippen LogP contribution in [0.4, 0.5) is 10.2 Å². The summed E-state index contributed by atoms with van der Waals surface area (Å²) in [5, 5.41) is 4.72. The van der Waals surface area contributed by atoms with Crippen molar-refractivity contribution in [2.75, 3.05) is 5.32 Å². The molecule has 0 saturated heterocycles. The van der Waals surface area contributed by atoms with Crippen LogP contribution < -0.4 is 11.1 Å². The number of halogens is 2. The van der Waals surface area contributed by atoms with Crippen molar-refractivity contribution in [3.8, 4) is 0 Å². The van der Waals surface area contributed by atoms with Crippen molar-refractivity contribution in [1.29, 1.82) is 0 Å². The quantitative estimate of drug-likeness (QED) is 0.773. The molecule has 0 unspecified atom stereocenters. The van der Waals surface area contributed by atoms with Gasteiger partial charge in [0.25, 0.3) is 0 Å². The van der Waals surface area contributed by atoms with E-state index in [-0.39, 0.29) is 12.4 Å². The molecule has 0 aliphatic carbocycles. The Morgan fingerprint density at radius 1 is 1.09 bits per heavy atom. The predicted octanol–water partition coefficient (Wildman–Crippen LogP) is 3.49. The zero-order valence-corrected chi connectivity index (χ0v) is 12.4. The number of rotatable bonds is 4. The zero-order chi connectivity index (χ0) is 15.5. The number of aromatic nitrogens is 2. The first-order valence-corrected chi connectivity index (χ1v) is 7.18. The van der Waals surface area contributed by atoms with Crippen molar-refractivity contribution < 1.29 is 4.39 Å². The molecule has 0 atom stereocenters. The van der Waals surface area contributed by atoms with Crippen LogP contribution in [0.2, 0.25) is 5.02 Å². The normalized spacial score (nSPS) is 10.9. The summed E-state index contributed by atoms with van der Waals surface area (Å²) in [6, 6.07) is 11.8. The van der Waals surface area contributed by atoms with E-state index < -0.39 is 0 Å². The minimum absolute atomic E-state index is 0.244. The standard InChI is InChI=1S/C16H14ClFN4/c17-11-3-6-13-14(7-11)21-15(8-19)22-16(13)20-9-10-1-4-12(18)5-2-10/h1-7H,8-9,19H2,(H,20,21,22). The summed E-state index contributed by atoms with van der Waals surface area (Å²) in [7, 11) is 0. The first-order valence-electron chi connectivity index (χ1n) is 6.80. The highest BCUT2D eigenvalue weighted by Gasteiger charge is 2.07. The Morgan fingerprint density at radius 2 is 1.86 bits per heavy atom. The number of hydrogen-bond acceptors (Lipinski definition) is 4. The fraction of sp³-hybridized carbons (Fsp3) is 0.125. The summed E-state index contributed by atoms with van der Waals surface area (Å²) in [5.41, 5.74) is 7.34.